The molecule has 0 aliphatic rings. The van der Waals surface area contributed by atoms with E-state index < -0.39 is 6.10 Å². The molecule has 61 heavy (non-hydrogen) atoms. The minimum absolute atomic E-state index is 0.0667. The maximum Gasteiger partial charge on any atom is 0.306 e. The van der Waals surface area contributed by atoms with E-state index in [-0.39, 0.29) is 25.2 Å². The minimum atomic E-state index is -0.769. The van der Waals surface area contributed by atoms with Crippen molar-refractivity contribution in [3.05, 3.63) is 97.2 Å². The smallest absolute Gasteiger partial charge is 0.306 e. The number of aliphatic hydroxyl groups is 1. The van der Waals surface area contributed by atoms with E-state index in [2.05, 4.69) is 111 Å². The van der Waals surface area contributed by atoms with Crippen LogP contribution in [0.4, 0.5) is 0 Å². The molecule has 0 aromatic rings. The van der Waals surface area contributed by atoms with Crippen LogP contribution in [0.2, 0.25) is 0 Å². The second-order valence-corrected chi connectivity index (χ2v) is 16.5. The zero-order valence-electron chi connectivity index (χ0n) is 39.6. The van der Waals surface area contributed by atoms with Crippen molar-refractivity contribution in [1.82, 2.24) is 0 Å². The number of carbonyl (C=O) groups excluding carboxylic acids is 2. The molecule has 0 aromatic carbocycles. The lowest BCUT2D eigenvalue weighted by atomic mass is 10.0. The van der Waals surface area contributed by atoms with Crippen molar-refractivity contribution in [1.29, 1.82) is 0 Å². The van der Waals surface area contributed by atoms with Crippen molar-refractivity contribution < 1.29 is 24.2 Å². The number of ether oxygens (including phenoxy) is 2. The number of carbonyl (C=O) groups is 2. The third-order valence-electron chi connectivity index (χ3n) is 10.6. The molecule has 5 heteroatoms. The van der Waals surface area contributed by atoms with Crippen molar-refractivity contribution in [2.45, 2.75) is 232 Å². The predicted molar refractivity (Wildman–Crippen MR) is 265 cm³/mol. The summed E-state index contributed by atoms with van der Waals surface area (Å²) in [4.78, 5) is 24.1. The fourth-order valence-corrected chi connectivity index (χ4v) is 6.86. The van der Waals surface area contributed by atoms with Gasteiger partial charge in [-0.25, -0.2) is 0 Å². The molecule has 5 nitrogen and oxygen atoms in total. The summed E-state index contributed by atoms with van der Waals surface area (Å²) < 4.78 is 10.5. The Labute approximate surface area is 377 Å². The van der Waals surface area contributed by atoms with Crippen molar-refractivity contribution in [2.24, 2.45) is 0 Å². The molecule has 0 rings (SSSR count). The number of hydrogen-bond acceptors (Lipinski definition) is 5. The van der Waals surface area contributed by atoms with E-state index in [1.807, 2.05) is 0 Å². The van der Waals surface area contributed by atoms with E-state index in [0.717, 1.165) is 89.9 Å². The lowest BCUT2D eigenvalue weighted by Crippen LogP contribution is -2.28. The molecule has 1 atom stereocenters. The maximum absolute atomic E-state index is 12.2. The number of aliphatic hydroxyl groups excluding tert-OH is 1. The topological polar surface area (TPSA) is 72.8 Å². The summed E-state index contributed by atoms with van der Waals surface area (Å²) in [5, 5.41) is 9.52. The molecule has 0 aromatic heterocycles. The van der Waals surface area contributed by atoms with E-state index >= 15 is 0 Å². The van der Waals surface area contributed by atoms with Crippen molar-refractivity contribution >= 4 is 11.9 Å². The summed E-state index contributed by atoms with van der Waals surface area (Å²) in [6, 6.07) is 0. The standard InChI is InChI=1S/C56H94O5/c1-3-5-7-9-11-12-13-14-15-16-17-18-19-20-21-22-23-24-25-26-27-28-29-30-31-32-33-34-35-36-37-38-39-40-41-42-43-44-45-47-49-51-56(59)61-54(52-57)53-60-55(58)50-48-46-10-8-6-4-2/h5,7,11-12,14-15,17-18,20-21,23-24,26-27,29-30,54,57H,3-4,6,8-10,13,16,19,22,25,28,31-53H2,1-2H3/b7-5-,12-11-,15-14-,18-17-,21-20-,24-23-,27-26-,30-29-. The van der Waals surface area contributed by atoms with Gasteiger partial charge in [0.1, 0.15) is 6.61 Å². The number of hydrogen-bond donors (Lipinski definition) is 1. The van der Waals surface area contributed by atoms with Crippen molar-refractivity contribution in [3.8, 4) is 0 Å². The van der Waals surface area contributed by atoms with Gasteiger partial charge in [-0.1, -0.05) is 233 Å². The molecule has 0 heterocycles. The third kappa shape index (κ3) is 49.4. The fraction of sp³-hybridized carbons (Fsp3) is 0.679. The van der Waals surface area contributed by atoms with Gasteiger partial charge in [-0.05, 0) is 77.0 Å². The highest BCUT2D eigenvalue weighted by atomic mass is 16.6. The van der Waals surface area contributed by atoms with Crippen LogP contribution in [-0.2, 0) is 19.1 Å². The molecule has 0 bridgehead atoms. The molecule has 0 radical (unpaired) electrons. The van der Waals surface area contributed by atoms with Gasteiger partial charge in [0, 0.05) is 12.8 Å². The number of esters is 2. The van der Waals surface area contributed by atoms with Crippen LogP contribution in [-0.4, -0.2) is 36.4 Å². The number of unbranched alkanes of at least 4 members (excludes halogenated alkanes) is 21. The molecular weight excluding hydrogens is 753 g/mol. The van der Waals surface area contributed by atoms with Crippen molar-refractivity contribution in [2.75, 3.05) is 13.2 Å². The number of allylic oxidation sites excluding steroid dienone is 16. The lowest BCUT2D eigenvalue weighted by molar-refractivity contribution is -0.161. The van der Waals surface area contributed by atoms with Crippen LogP contribution < -0.4 is 0 Å². The average molecular weight is 847 g/mol. The quantitative estimate of drug-likeness (QED) is 0.0375. The van der Waals surface area contributed by atoms with Crippen molar-refractivity contribution in [3.63, 3.8) is 0 Å². The monoisotopic (exact) mass is 847 g/mol. The largest absolute Gasteiger partial charge is 0.462 e. The molecular formula is C56H94O5. The van der Waals surface area contributed by atoms with Crippen LogP contribution in [0.3, 0.4) is 0 Å². The fourth-order valence-electron chi connectivity index (χ4n) is 6.86. The Bertz CT molecular complexity index is 1190. The first-order valence-corrected chi connectivity index (χ1v) is 25.3. The Hall–Kier alpha value is -3.18. The van der Waals surface area contributed by atoms with E-state index in [4.69, 9.17) is 9.47 Å². The molecule has 1 N–H and O–H groups in total. The summed E-state index contributed by atoms with van der Waals surface area (Å²) in [5.74, 6) is -0.600. The van der Waals surface area contributed by atoms with E-state index in [1.165, 1.54) is 109 Å². The van der Waals surface area contributed by atoms with Gasteiger partial charge in [-0.3, -0.25) is 9.59 Å². The Morgan fingerprint density at radius 3 is 1.07 bits per heavy atom. The Morgan fingerprint density at radius 2 is 0.705 bits per heavy atom. The van der Waals surface area contributed by atoms with Crippen LogP contribution in [0, 0.1) is 0 Å². The first-order chi connectivity index (χ1) is 30.1. The minimum Gasteiger partial charge on any atom is -0.462 e. The first kappa shape index (κ1) is 57.8. The van der Waals surface area contributed by atoms with Crippen LogP contribution in [0.1, 0.15) is 226 Å². The molecule has 1 unspecified atom stereocenters. The van der Waals surface area contributed by atoms with Gasteiger partial charge in [-0.15, -0.1) is 0 Å². The zero-order chi connectivity index (χ0) is 44.2. The summed E-state index contributed by atoms with van der Waals surface area (Å²) in [6.45, 7) is 3.95. The average Bonchev–Trinajstić information content (AvgIpc) is 3.26. The summed E-state index contributed by atoms with van der Waals surface area (Å²) in [7, 11) is 0. The highest BCUT2D eigenvalue weighted by molar-refractivity contribution is 5.70. The Kier molecular flexibility index (Phi) is 48.5. The van der Waals surface area contributed by atoms with Gasteiger partial charge in [0.15, 0.2) is 6.10 Å². The van der Waals surface area contributed by atoms with Gasteiger partial charge in [-0.2, -0.15) is 0 Å². The van der Waals surface area contributed by atoms with E-state index in [0.29, 0.717) is 12.8 Å². The SMILES string of the molecule is CC/C=C\C/C=C\C/C=C\C/C=C\C/C=C\C/C=C\C/C=C\C/C=C\CCCCCCCCCCCCCCCCCCC(=O)OC(CO)COC(=O)CCCCCCCC. The second kappa shape index (κ2) is 51.2. The lowest BCUT2D eigenvalue weighted by Gasteiger charge is -2.15. The normalized spacial score (nSPS) is 13.0. The third-order valence-corrected chi connectivity index (χ3v) is 10.6. The van der Waals surface area contributed by atoms with Gasteiger partial charge in [0.2, 0.25) is 0 Å². The highest BCUT2D eigenvalue weighted by Crippen LogP contribution is 2.15. The molecule has 0 saturated heterocycles. The van der Waals surface area contributed by atoms with Gasteiger partial charge >= 0.3 is 11.9 Å². The second-order valence-electron chi connectivity index (χ2n) is 16.5. The molecule has 348 valence electrons. The highest BCUT2D eigenvalue weighted by Gasteiger charge is 2.16. The first-order valence-electron chi connectivity index (χ1n) is 25.3. The molecule has 0 fully saturated rings. The van der Waals surface area contributed by atoms with Gasteiger partial charge < -0.3 is 14.6 Å². The van der Waals surface area contributed by atoms with Crippen LogP contribution in [0.5, 0.6) is 0 Å². The molecule has 0 saturated carbocycles. The molecule has 0 amide bonds. The summed E-state index contributed by atoms with van der Waals surface area (Å²) >= 11 is 0. The Morgan fingerprint density at radius 1 is 0.393 bits per heavy atom. The predicted octanol–water partition coefficient (Wildman–Crippen LogP) is 16.8. The zero-order valence-corrected chi connectivity index (χ0v) is 39.6. The number of rotatable bonds is 45. The summed E-state index contributed by atoms with van der Waals surface area (Å²) in [5.41, 5.74) is 0. The van der Waals surface area contributed by atoms with Crippen LogP contribution in [0.25, 0.3) is 0 Å². The maximum atomic E-state index is 12.2. The van der Waals surface area contributed by atoms with Gasteiger partial charge in [0.05, 0.1) is 6.61 Å². The van der Waals surface area contributed by atoms with Crippen LogP contribution in [0.15, 0.2) is 97.2 Å². The van der Waals surface area contributed by atoms with Gasteiger partial charge in [0.25, 0.3) is 0 Å². The van der Waals surface area contributed by atoms with E-state index in [1.54, 1.807) is 0 Å². The Balaban J connectivity index is 3.47. The molecule has 0 aliphatic heterocycles. The van der Waals surface area contributed by atoms with Crippen LogP contribution >= 0.6 is 0 Å². The molecule has 0 aliphatic carbocycles. The molecule has 0 spiro atoms. The van der Waals surface area contributed by atoms with E-state index in [9.17, 15) is 14.7 Å². The summed E-state index contributed by atoms with van der Waals surface area (Å²) in [6.07, 6.45) is 72.6.